The first kappa shape index (κ1) is 10.1. The maximum Gasteiger partial charge on any atom is 0.153 e. The highest BCUT2D eigenvalue weighted by Gasteiger charge is 2.01. The zero-order valence-electron chi connectivity index (χ0n) is 7.68. The molecule has 0 saturated carbocycles. The second-order valence-electron chi connectivity index (χ2n) is 2.92. The number of rotatable bonds is 2. The number of halogens is 1. The van der Waals surface area contributed by atoms with Gasteiger partial charge >= 0.3 is 0 Å². The van der Waals surface area contributed by atoms with Crippen molar-refractivity contribution >= 4 is 28.4 Å². The molecule has 0 fully saturated rings. The van der Waals surface area contributed by atoms with Crippen molar-refractivity contribution in [2.45, 2.75) is 0 Å². The van der Waals surface area contributed by atoms with Gasteiger partial charge < -0.3 is 5.73 Å². The van der Waals surface area contributed by atoms with Crippen molar-refractivity contribution in [3.8, 4) is 5.82 Å². The molecule has 3 N–H and O–H groups in total. The van der Waals surface area contributed by atoms with E-state index in [9.17, 15) is 0 Å². The Bertz CT molecular complexity index is 487. The van der Waals surface area contributed by atoms with Crippen LogP contribution in [0.2, 0.25) is 0 Å². The molecule has 0 aliphatic heterocycles. The minimum atomic E-state index is 0.0177. The van der Waals surface area contributed by atoms with Gasteiger partial charge in [-0.15, -0.1) is 0 Å². The lowest BCUT2D eigenvalue weighted by Gasteiger charge is -2.01. The molecule has 0 bridgehead atoms. The topological polar surface area (TPSA) is 80.6 Å². The number of aromatic nitrogens is 3. The fourth-order valence-corrected chi connectivity index (χ4v) is 1.50. The zero-order valence-corrected chi connectivity index (χ0v) is 9.84. The van der Waals surface area contributed by atoms with Crippen molar-refractivity contribution in [2.24, 2.45) is 5.73 Å². The molecule has 15 heavy (non-hydrogen) atoms. The van der Waals surface area contributed by atoms with Crippen LogP contribution in [0.15, 0.2) is 30.7 Å². The van der Waals surface area contributed by atoms with E-state index >= 15 is 0 Å². The van der Waals surface area contributed by atoms with E-state index < -0.39 is 0 Å². The van der Waals surface area contributed by atoms with Crippen molar-refractivity contribution < 1.29 is 0 Å². The molecule has 0 aliphatic rings. The number of hydrogen-bond donors (Lipinski definition) is 2. The predicted molar refractivity (Wildman–Crippen MR) is 65.1 cm³/mol. The molecule has 0 saturated heterocycles. The van der Waals surface area contributed by atoms with Crippen molar-refractivity contribution in [3.63, 3.8) is 0 Å². The molecular weight excluding hydrogens is 305 g/mol. The average molecular weight is 313 g/mol. The number of pyridine rings is 1. The van der Waals surface area contributed by atoms with Gasteiger partial charge in [0.25, 0.3) is 0 Å². The highest BCUT2D eigenvalue weighted by molar-refractivity contribution is 14.1. The summed E-state index contributed by atoms with van der Waals surface area (Å²) >= 11 is 2.18. The fraction of sp³-hybridized carbons (Fsp3) is 0. The van der Waals surface area contributed by atoms with Crippen molar-refractivity contribution in [1.29, 1.82) is 5.41 Å². The zero-order chi connectivity index (χ0) is 10.8. The molecule has 0 radical (unpaired) electrons. The van der Waals surface area contributed by atoms with Crippen LogP contribution in [-0.2, 0) is 0 Å². The van der Waals surface area contributed by atoms with Gasteiger partial charge in [-0.1, -0.05) is 0 Å². The highest BCUT2D eigenvalue weighted by atomic mass is 127. The minimum absolute atomic E-state index is 0.0177. The van der Waals surface area contributed by atoms with E-state index in [4.69, 9.17) is 11.1 Å². The summed E-state index contributed by atoms with van der Waals surface area (Å²) in [5.41, 5.74) is 5.94. The largest absolute Gasteiger partial charge is 0.384 e. The first-order chi connectivity index (χ1) is 7.16. The molecule has 6 heteroatoms. The average Bonchev–Trinajstić information content (AvgIpc) is 2.65. The molecule has 0 atom stereocenters. The molecule has 0 amide bonds. The highest BCUT2D eigenvalue weighted by Crippen LogP contribution is 2.07. The normalized spacial score (nSPS) is 10.2. The van der Waals surface area contributed by atoms with E-state index in [1.54, 1.807) is 29.2 Å². The quantitative estimate of drug-likeness (QED) is 0.496. The predicted octanol–water partition coefficient (Wildman–Crippen LogP) is 1.16. The number of nitrogen functional groups attached to an aromatic ring is 1. The third-order valence-corrected chi connectivity index (χ3v) is 2.40. The van der Waals surface area contributed by atoms with E-state index in [0.29, 0.717) is 11.4 Å². The van der Waals surface area contributed by atoms with Gasteiger partial charge in [-0.05, 0) is 34.7 Å². The Morgan fingerprint density at radius 2 is 2.20 bits per heavy atom. The van der Waals surface area contributed by atoms with Crippen LogP contribution < -0.4 is 5.73 Å². The second kappa shape index (κ2) is 3.97. The maximum atomic E-state index is 7.23. The van der Waals surface area contributed by atoms with Gasteiger partial charge in [0.1, 0.15) is 5.84 Å². The second-order valence-corrected chi connectivity index (χ2v) is 4.17. The van der Waals surface area contributed by atoms with Gasteiger partial charge in [0.05, 0.1) is 9.77 Å². The molecule has 0 aliphatic carbocycles. The van der Waals surface area contributed by atoms with E-state index in [-0.39, 0.29) is 5.84 Å². The number of nitrogens with zero attached hydrogens (tertiary/aromatic N) is 3. The van der Waals surface area contributed by atoms with Crippen LogP contribution in [0.3, 0.4) is 0 Å². The Hall–Kier alpha value is -1.44. The van der Waals surface area contributed by atoms with Crippen LogP contribution in [0.1, 0.15) is 5.56 Å². The molecule has 0 spiro atoms. The third kappa shape index (κ3) is 2.14. The Morgan fingerprint density at radius 1 is 1.40 bits per heavy atom. The lowest BCUT2D eigenvalue weighted by Crippen LogP contribution is -2.11. The summed E-state index contributed by atoms with van der Waals surface area (Å²) in [4.78, 5) is 4.16. The van der Waals surface area contributed by atoms with Gasteiger partial charge in [-0.2, -0.15) is 5.10 Å². The summed E-state index contributed by atoms with van der Waals surface area (Å²) in [6, 6.07) is 3.53. The fourth-order valence-electron chi connectivity index (χ4n) is 1.11. The van der Waals surface area contributed by atoms with E-state index in [2.05, 4.69) is 32.7 Å². The lowest BCUT2D eigenvalue weighted by molar-refractivity contribution is 0.846. The van der Waals surface area contributed by atoms with Gasteiger partial charge in [-0.3, -0.25) is 5.41 Å². The molecule has 2 aromatic heterocycles. The van der Waals surface area contributed by atoms with Crippen LogP contribution in [0, 0.1) is 8.98 Å². The molecule has 76 valence electrons. The van der Waals surface area contributed by atoms with Crippen LogP contribution in [-0.4, -0.2) is 20.6 Å². The van der Waals surface area contributed by atoms with Crippen molar-refractivity contribution in [3.05, 3.63) is 39.9 Å². The first-order valence-corrected chi connectivity index (χ1v) is 5.25. The first-order valence-electron chi connectivity index (χ1n) is 4.18. The molecule has 2 heterocycles. The number of nitrogens with two attached hydrogens (primary N) is 1. The Balaban J connectivity index is 2.35. The number of hydrogen-bond acceptors (Lipinski definition) is 3. The van der Waals surface area contributed by atoms with E-state index in [0.717, 1.165) is 3.57 Å². The van der Waals surface area contributed by atoms with Gasteiger partial charge in [0.15, 0.2) is 5.82 Å². The standard InChI is InChI=1S/C9H8IN5/c10-7-4-14-15(5-7)8-2-1-6(3-13-8)9(11)12/h1-5H,(H3,11,12). The SMILES string of the molecule is N=C(N)c1ccc(-n2cc(I)cn2)nc1. The van der Waals surface area contributed by atoms with Crippen LogP contribution in [0.5, 0.6) is 0 Å². The number of nitrogens with one attached hydrogen (secondary N) is 1. The minimum Gasteiger partial charge on any atom is -0.384 e. The van der Waals surface area contributed by atoms with Crippen LogP contribution in [0.4, 0.5) is 0 Å². The Kier molecular flexibility index (Phi) is 2.67. The van der Waals surface area contributed by atoms with Gasteiger partial charge in [0, 0.05) is 18.0 Å². The number of amidine groups is 1. The summed E-state index contributed by atoms with van der Waals surface area (Å²) in [6.07, 6.45) is 5.18. The summed E-state index contributed by atoms with van der Waals surface area (Å²) < 4.78 is 2.72. The van der Waals surface area contributed by atoms with Crippen molar-refractivity contribution in [1.82, 2.24) is 14.8 Å². The maximum absolute atomic E-state index is 7.23. The monoisotopic (exact) mass is 313 g/mol. The smallest absolute Gasteiger partial charge is 0.153 e. The Morgan fingerprint density at radius 3 is 2.67 bits per heavy atom. The van der Waals surface area contributed by atoms with Gasteiger partial charge in [-0.25, -0.2) is 9.67 Å². The Labute approximate surface area is 100.0 Å². The summed E-state index contributed by atoms with van der Waals surface area (Å²) in [5, 5.41) is 11.4. The summed E-state index contributed by atoms with van der Waals surface area (Å²) in [6.45, 7) is 0. The lowest BCUT2D eigenvalue weighted by atomic mass is 10.2. The molecule has 0 aromatic carbocycles. The van der Waals surface area contributed by atoms with Gasteiger partial charge in [0.2, 0.25) is 0 Å². The molecule has 2 aromatic rings. The molecule has 2 rings (SSSR count). The summed E-state index contributed by atoms with van der Waals surface area (Å²) in [7, 11) is 0. The third-order valence-electron chi connectivity index (χ3n) is 1.84. The molecule has 0 unspecified atom stereocenters. The summed E-state index contributed by atoms with van der Waals surface area (Å²) in [5.74, 6) is 0.729. The molecule has 5 nitrogen and oxygen atoms in total. The molecular formula is C9H8IN5. The van der Waals surface area contributed by atoms with Crippen LogP contribution >= 0.6 is 22.6 Å². The van der Waals surface area contributed by atoms with E-state index in [1.807, 2.05) is 6.20 Å². The van der Waals surface area contributed by atoms with Crippen molar-refractivity contribution in [2.75, 3.05) is 0 Å². The van der Waals surface area contributed by atoms with Crippen LogP contribution in [0.25, 0.3) is 5.82 Å². The van der Waals surface area contributed by atoms with E-state index in [1.165, 1.54) is 0 Å².